The van der Waals surface area contributed by atoms with Crippen LogP contribution in [0.2, 0.25) is 0 Å². The Morgan fingerprint density at radius 3 is 2.64 bits per heavy atom. The minimum atomic E-state index is -3.25. The molecule has 1 saturated heterocycles. The van der Waals surface area contributed by atoms with E-state index in [2.05, 4.69) is 36.8 Å². The van der Waals surface area contributed by atoms with E-state index in [0.29, 0.717) is 13.1 Å². The Bertz CT molecular complexity index is 1530. The zero-order valence-corrected chi connectivity index (χ0v) is 21.4. The van der Waals surface area contributed by atoms with Crippen LogP contribution >= 0.6 is 0 Å². The number of aromatic nitrogens is 2. The molecule has 5 nitrogen and oxygen atoms in total. The van der Waals surface area contributed by atoms with Gasteiger partial charge in [0.15, 0.2) is 0 Å². The number of piperidine rings is 1. The summed E-state index contributed by atoms with van der Waals surface area (Å²) in [5.74, 6) is 0.124. The zero-order chi connectivity index (χ0) is 25.2. The molecule has 2 saturated carbocycles. The van der Waals surface area contributed by atoms with E-state index < -0.39 is 10.0 Å². The van der Waals surface area contributed by atoms with Crippen LogP contribution in [-0.2, 0) is 15.4 Å². The predicted octanol–water partition coefficient (Wildman–Crippen LogP) is 5.45. The summed E-state index contributed by atoms with van der Waals surface area (Å²) in [4.78, 5) is 0. The van der Waals surface area contributed by atoms with Crippen molar-refractivity contribution < 1.29 is 12.8 Å². The number of nitrogens with zero attached hydrogens (tertiary/aromatic N) is 3. The summed E-state index contributed by atoms with van der Waals surface area (Å²) in [6, 6.07) is 10.6. The summed E-state index contributed by atoms with van der Waals surface area (Å²) in [5, 5.41) is 5.36. The van der Waals surface area contributed by atoms with Gasteiger partial charge in [-0.25, -0.2) is 21.8 Å². The molecular formula is C29H30FN3O2S. The molecule has 1 aromatic heterocycles. The highest BCUT2D eigenvalue weighted by atomic mass is 32.2. The molecule has 0 N–H and O–H groups in total. The molecule has 7 heteroatoms. The molecule has 36 heavy (non-hydrogen) atoms. The van der Waals surface area contributed by atoms with Crippen LogP contribution in [0.5, 0.6) is 0 Å². The summed E-state index contributed by atoms with van der Waals surface area (Å²) < 4.78 is 43.3. The lowest BCUT2D eigenvalue weighted by atomic mass is 9.87. The number of aryl methyl sites for hydroxylation is 1. The summed E-state index contributed by atoms with van der Waals surface area (Å²) in [6.07, 6.45) is 11.4. The van der Waals surface area contributed by atoms with E-state index in [9.17, 15) is 12.8 Å². The van der Waals surface area contributed by atoms with Gasteiger partial charge >= 0.3 is 0 Å². The van der Waals surface area contributed by atoms with Gasteiger partial charge in [0.25, 0.3) is 0 Å². The van der Waals surface area contributed by atoms with E-state index in [-0.39, 0.29) is 28.3 Å². The van der Waals surface area contributed by atoms with Crippen molar-refractivity contribution >= 4 is 20.9 Å². The van der Waals surface area contributed by atoms with E-state index in [1.165, 1.54) is 17.7 Å². The van der Waals surface area contributed by atoms with Crippen LogP contribution in [0.15, 0.2) is 79.1 Å². The first-order chi connectivity index (χ1) is 17.3. The topological polar surface area (TPSA) is 55.2 Å². The lowest BCUT2D eigenvalue weighted by Gasteiger charge is -2.25. The number of hydrogen-bond donors (Lipinski definition) is 0. The summed E-state index contributed by atoms with van der Waals surface area (Å²) in [5.41, 5.74) is 4.79. The third kappa shape index (κ3) is 3.51. The molecule has 3 aliphatic rings. The molecule has 3 aromatic rings. The molecule has 2 aromatic carbocycles. The number of fused-ring (bicyclic) bond motifs is 2. The molecule has 0 radical (unpaired) electrons. The standard InChI is InChI=1S/C29H30FN3O2S/c1-4-5-6-7-19(2)28-26-17-32(36(34,35)24-12-13-24)18-29(26,28)25-15-21-16-31-33(27(21)14-20(25)3)23-10-8-22(30)9-11-23/h4-11,14-16,24,26,28H,2,12-13,17-18H2,1,3H3/b5-4-,7-6-/t26-,28-,29+/m0/s1. The molecule has 0 amide bonds. The van der Waals surface area contributed by atoms with Crippen LogP contribution in [0.3, 0.4) is 0 Å². The molecule has 3 fully saturated rings. The smallest absolute Gasteiger partial charge is 0.217 e. The molecule has 2 aliphatic carbocycles. The van der Waals surface area contributed by atoms with Crippen LogP contribution in [0.25, 0.3) is 16.6 Å². The average molecular weight is 504 g/mol. The van der Waals surface area contributed by atoms with Gasteiger partial charge in [0.2, 0.25) is 10.0 Å². The van der Waals surface area contributed by atoms with Crippen molar-refractivity contribution in [1.29, 1.82) is 0 Å². The van der Waals surface area contributed by atoms with Crippen molar-refractivity contribution in [2.24, 2.45) is 11.8 Å². The lowest BCUT2D eigenvalue weighted by molar-refractivity contribution is 0.412. The Morgan fingerprint density at radius 2 is 1.94 bits per heavy atom. The monoisotopic (exact) mass is 503 g/mol. The molecule has 1 aliphatic heterocycles. The molecule has 0 unspecified atom stereocenters. The first-order valence-electron chi connectivity index (χ1n) is 12.5. The largest absolute Gasteiger partial charge is 0.233 e. The van der Waals surface area contributed by atoms with Gasteiger partial charge in [-0.15, -0.1) is 0 Å². The minimum absolute atomic E-state index is 0.202. The van der Waals surface area contributed by atoms with Gasteiger partial charge in [-0.2, -0.15) is 5.10 Å². The second-order valence-electron chi connectivity index (χ2n) is 10.4. The maximum absolute atomic E-state index is 13.5. The normalized spacial score (nSPS) is 26.3. The number of hydrogen-bond acceptors (Lipinski definition) is 3. The lowest BCUT2D eigenvalue weighted by Crippen LogP contribution is -2.37. The third-order valence-electron chi connectivity index (χ3n) is 8.15. The van der Waals surface area contributed by atoms with Gasteiger partial charge in [-0.1, -0.05) is 36.5 Å². The van der Waals surface area contributed by atoms with Crippen molar-refractivity contribution in [3.63, 3.8) is 0 Å². The fourth-order valence-corrected chi connectivity index (χ4v) is 8.17. The van der Waals surface area contributed by atoms with Crippen molar-refractivity contribution in [1.82, 2.24) is 14.1 Å². The van der Waals surface area contributed by atoms with E-state index in [1.807, 2.05) is 36.0 Å². The SMILES string of the molecule is C=C(/C=C\C=C/C)[C@H]1[C@@H]2CN(S(=O)(=O)C3CC3)C[C@@]21c1cc2cnn(-c3ccc(F)cc3)c2cc1C. The maximum atomic E-state index is 13.5. The molecule has 186 valence electrons. The highest BCUT2D eigenvalue weighted by molar-refractivity contribution is 7.90. The van der Waals surface area contributed by atoms with Gasteiger partial charge in [0, 0.05) is 23.9 Å². The number of halogens is 1. The van der Waals surface area contributed by atoms with Crippen molar-refractivity contribution in [3.8, 4) is 5.69 Å². The summed E-state index contributed by atoms with van der Waals surface area (Å²) in [7, 11) is -3.25. The van der Waals surface area contributed by atoms with Crippen molar-refractivity contribution in [3.05, 3.63) is 96.0 Å². The first kappa shape index (κ1) is 23.4. The highest BCUT2D eigenvalue weighted by Crippen LogP contribution is 2.68. The average Bonchev–Trinajstić information content (AvgIpc) is 3.73. The number of allylic oxidation sites excluding steroid dienone is 5. The number of benzene rings is 2. The molecule has 6 rings (SSSR count). The Labute approximate surface area is 211 Å². The minimum Gasteiger partial charge on any atom is -0.233 e. The summed E-state index contributed by atoms with van der Waals surface area (Å²) in [6.45, 7) is 9.50. The van der Waals surface area contributed by atoms with Crippen molar-refractivity contribution in [2.75, 3.05) is 13.1 Å². The van der Waals surface area contributed by atoms with Gasteiger partial charge in [0.1, 0.15) is 5.82 Å². The quantitative estimate of drug-likeness (QED) is 0.403. The zero-order valence-electron chi connectivity index (χ0n) is 20.6. The Morgan fingerprint density at radius 1 is 1.19 bits per heavy atom. The molecule has 2 heterocycles. The van der Waals surface area contributed by atoms with Gasteiger partial charge in [0.05, 0.1) is 22.7 Å². The molecular weight excluding hydrogens is 473 g/mol. The number of sulfonamides is 1. The Kier molecular flexibility index (Phi) is 5.36. The Balaban J connectivity index is 1.42. The van der Waals surface area contributed by atoms with Crippen molar-refractivity contribution in [2.45, 2.75) is 37.4 Å². The van der Waals surface area contributed by atoms with Crippen LogP contribution in [0.4, 0.5) is 4.39 Å². The first-order valence-corrected chi connectivity index (χ1v) is 14.0. The van der Waals surface area contributed by atoms with Gasteiger partial charge < -0.3 is 0 Å². The van der Waals surface area contributed by atoms with Crippen LogP contribution in [0.1, 0.15) is 30.9 Å². The fraction of sp³-hybridized carbons (Fsp3) is 0.345. The number of rotatable bonds is 7. The Hall–Kier alpha value is -3.03. The molecule has 0 bridgehead atoms. The van der Waals surface area contributed by atoms with E-state index in [1.54, 1.807) is 16.4 Å². The molecule has 3 atom stereocenters. The summed E-state index contributed by atoms with van der Waals surface area (Å²) >= 11 is 0. The maximum Gasteiger partial charge on any atom is 0.217 e. The van der Waals surface area contributed by atoms with E-state index >= 15 is 0 Å². The van der Waals surface area contributed by atoms with Gasteiger partial charge in [-0.3, -0.25) is 0 Å². The van der Waals surface area contributed by atoms with Crippen LogP contribution in [0, 0.1) is 24.6 Å². The van der Waals surface area contributed by atoms with E-state index in [4.69, 9.17) is 0 Å². The third-order valence-corrected chi connectivity index (χ3v) is 10.5. The second kappa shape index (κ2) is 8.25. The van der Waals surface area contributed by atoms with E-state index in [0.717, 1.165) is 40.6 Å². The molecule has 0 spiro atoms. The highest BCUT2D eigenvalue weighted by Gasteiger charge is 2.72. The fourth-order valence-electron chi connectivity index (χ4n) is 6.25. The van der Waals surface area contributed by atoms with Crippen LogP contribution in [-0.4, -0.2) is 40.8 Å². The van der Waals surface area contributed by atoms with Crippen LogP contribution < -0.4 is 0 Å². The van der Waals surface area contributed by atoms with Gasteiger partial charge in [-0.05, 0) is 86.1 Å². The predicted molar refractivity (Wildman–Crippen MR) is 141 cm³/mol. The second-order valence-corrected chi connectivity index (χ2v) is 12.6.